The summed E-state index contributed by atoms with van der Waals surface area (Å²) in [6.07, 6.45) is -6.28. The highest BCUT2D eigenvalue weighted by Crippen LogP contribution is 2.48. The molecule has 332 valence electrons. The second kappa shape index (κ2) is 25.4. The average molecular weight is 867 g/mol. The minimum absolute atomic E-state index is 0. The van der Waals surface area contributed by atoms with Crippen LogP contribution >= 0.6 is 15.6 Å². The molecule has 0 saturated carbocycles. The van der Waals surface area contributed by atoms with Gasteiger partial charge >= 0.3 is 0 Å². The quantitative estimate of drug-likeness (QED) is 0.158. The number of phosphoric ester groups is 2. The molecule has 0 spiro atoms. The summed E-state index contributed by atoms with van der Waals surface area (Å²) in [7, 11) is 13.5. The van der Waals surface area contributed by atoms with E-state index in [-0.39, 0.29) is 69.1 Å². The predicted octanol–water partition coefficient (Wildman–Crippen LogP) is -0.315. The molecule has 5 fully saturated rings. The van der Waals surface area contributed by atoms with Crippen molar-refractivity contribution < 1.29 is 90.6 Å². The van der Waals surface area contributed by atoms with E-state index < -0.39 is 95.2 Å². The number of phosphoric acid groups is 2. The fraction of sp³-hybridized carbons (Fsp3) is 1.00. The van der Waals surface area contributed by atoms with Gasteiger partial charge in [0, 0.05) is 24.0 Å². The van der Waals surface area contributed by atoms with Crippen molar-refractivity contribution in [3.8, 4) is 0 Å². The SMILES string of the molecule is C.[B][C@@H]1O[C@@H]2COP(=O)([O-])OC1[C@H]2OC(C)C.[B][C@@H]1O[C@H](COP(=O)([O-])O[C@@H]2C[C@H]([B])O[C@@H]2COC(C)C)[C@H](OC(C)C)C1O.[B][C@H]1C[C@@H](O)[C@@H](COC(C)C)O1.[OH-]. The molecule has 5 heterocycles. The lowest BCUT2D eigenvalue weighted by atomic mass is 9.93. The molecule has 3 N–H and O–H groups in total. The molecule has 0 aromatic carbocycles. The largest absolute Gasteiger partial charge is 0.870 e. The van der Waals surface area contributed by atoms with Gasteiger partial charge in [0.05, 0.1) is 63.1 Å². The zero-order valence-corrected chi connectivity index (χ0v) is 35.5. The number of hydrogen-bond donors (Lipinski definition) is 2. The summed E-state index contributed by atoms with van der Waals surface area (Å²) < 4.78 is 86.3. The summed E-state index contributed by atoms with van der Waals surface area (Å²) >= 11 is 0. The van der Waals surface area contributed by atoms with Crippen LogP contribution in [0.25, 0.3) is 0 Å². The van der Waals surface area contributed by atoms with Crippen LogP contribution in [0.2, 0.25) is 0 Å². The van der Waals surface area contributed by atoms with E-state index in [2.05, 4.69) is 4.52 Å². The Labute approximate surface area is 348 Å². The topological polar surface area (TPSA) is 261 Å². The maximum absolute atomic E-state index is 12.3. The molecule has 0 aliphatic carbocycles. The Kier molecular flexibility index (Phi) is 24.5. The maximum atomic E-state index is 12.3. The van der Waals surface area contributed by atoms with E-state index in [0.717, 1.165) is 0 Å². The van der Waals surface area contributed by atoms with E-state index in [1.54, 1.807) is 13.8 Å². The van der Waals surface area contributed by atoms with Crippen molar-refractivity contribution in [2.75, 3.05) is 26.4 Å². The third-order valence-corrected chi connectivity index (χ3v) is 10.5. The van der Waals surface area contributed by atoms with Crippen molar-refractivity contribution in [1.29, 1.82) is 0 Å². The number of ether oxygens (including phenoxy) is 8. The smallest absolute Gasteiger partial charge is 0.268 e. The van der Waals surface area contributed by atoms with E-state index in [9.17, 15) is 29.1 Å². The van der Waals surface area contributed by atoms with E-state index in [4.69, 9.17) is 82.9 Å². The van der Waals surface area contributed by atoms with Crippen LogP contribution in [0.1, 0.15) is 75.7 Å². The van der Waals surface area contributed by atoms with Crippen LogP contribution in [0.5, 0.6) is 0 Å². The van der Waals surface area contributed by atoms with Gasteiger partial charge in [-0.1, -0.05) is 7.43 Å². The summed E-state index contributed by atoms with van der Waals surface area (Å²) in [5.41, 5.74) is 0. The van der Waals surface area contributed by atoms with Gasteiger partial charge in [0.2, 0.25) is 0 Å². The molecular formula is C33H61B4O19P2-3. The Morgan fingerprint density at radius 1 is 0.759 bits per heavy atom. The van der Waals surface area contributed by atoms with Gasteiger partial charge in [-0.3, -0.25) is 9.13 Å². The molecular weight excluding hydrogens is 806 g/mol. The average Bonchev–Trinajstić information content (AvgIpc) is 3.74. The lowest BCUT2D eigenvalue weighted by Gasteiger charge is -2.30. The number of aliphatic hydroxyl groups is 2. The molecule has 5 rings (SSSR count). The maximum Gasteiger partial charge on any atom is 0.268 e. The Bertz CT molecular complexity index is 1260. The third kappa shape index (κ3) is 18.4. The molecule has 0 aromatic rings. The van der Waals surface area contributed by atoms with Crippen molar-refractivity contribution in [3.05, 3.63) is 0 Å². The summed E-state index contributed by atoms with van der Waals surface area (Å²) in [6, 6.07) is -2.79. The van der Waals surface area contributed by atoms with E-state index in [1.165, 1.54) is 0 Å². The lowest BCUT2D eigenvalue weighted by Crippen LogP contribution is -2.39. The molecule has 8 radical (unpaired) electrons. The first-order valence-electron chi connectivity index (χ1n) is 18.8. The molecule has 5 aliphatic heterocycles. The second-order valence-corrected chi connectivity index (χ2v) is 17.7. The van der Waals surface area contributed by atoms with Gasteiger partial charge in [0.15, 0.2) is 0 Å². The number of rotatable bonds is 15. The summed E-state index contributed by atoms with van der Waals surface area (Å²) in [5, 5.41) is 19.4. The van der Waals surface area contributed by atoms with Gasteiger partial charge in [-0.25, -0.2) is 0 Å². The number of aliphatic hydroxyl groups excluding tert-OH is 2. The Hall–Kier alpha value is 0.0397. The fourth-order valence-corrected chi connectivity index (χ4v) is 7.94. The molecule has 58 heavy (non-hydrogen) atoms. The van der Waals surface area contributed by atoms with Crippen LogP contribution in [-0.4, -0.2) is 183 Å². The highest BCUT2D eigenvalue weighted by molar-refractivity contribution is 7.46. The zero-order chi connectivity index (χ0) is 42.1. The van der Waals surface area contributed by atoms with E-state index in [0.29, 0.717) is 13.0 Å². The minimum atomic E-state index is -4.70. The summed E-state index contributed by atoms with van der Waals surface area (Å²) in [5.74, 6) is 0. The van der Waals surface area contributed by atoms with Crippen molar-refractivity contribution in [3.63, 3.8) is 0 Å². The van der Waals surface area contributed by atoms with Crippen LogP contribution in [0.15, 0.2) is 0 Å². The van der Waals surface area contributed by atoms with Gasteiger partial charge in [-0.2, -0.15) is 0 Å². The highest BCUT2D eigenvalue weighted by atomic mass is 31.2. The van der Waals surface area contributed by atoms with Crippen molar-refractivity contribution in [2.45, 2.75) is 185 Å². The van der Waals surface area contributed by atoms with Gasteiger partial charge < -0.3 is 81.5 Å². The Balaban J connectivity index is 0.000000473. The van der Waals surface area contributed by atoms with Gasteiger partial charge in [0.25, 0.3) is 15.6 Å². The monoisotopic (exact) mass is 867 g/mol. The van der Waals surface area contributed by atoms with Gasteiger partial charge in [-0.15, -0.1) is 0 Å². The number of fused-ring (bicyclic) bond motifs is 2. The molecule has 16 atom stereocenters. The zero-order valence-electron chi connectivity index (χ0n) is 33.7. The molecule has 0 amide bonds. The fourth-order valence-electron chi connectivity index (χ4n) is 6.07. The first-order chi connectivity index (χ1) is 26.0. The molecule has 4 unspecified atom stereocenters. The van der Waals surface area contributed by atoms with Crippen molar-refractivity contribution in [2.24, 2.45) is 0 Å². The highest BCUT2D eigenvalue weighted by Gasteiger charge is 2.49. The molecule has 0 aromatic heterocycles. The van der Waals surface area contributed by atoms with Crippen LogP contribution in [0, 0.1) is 0 Å². The minimum Gasteiger partial charge on any atom is -0.870 e. The summed E-state index contributed by atoms with van der Waals surface area (Å²) in [6.45, 7) is 14.9. The van der Waals surface area contributed by atoms with Crippen LogP contribution < -0.4 is 9.79 Å². The van der Waals surface area contributed by atoms with Crippen molar-refractivity contribution >= 4 is 47.0 Å². The number of hydrogen-bond acceptors (Lipinski definition) is 19. The summed E-state index contributed by atoms with van der Waals surface area (Å²) in [4.78, 5) is 23.5. The first kappa shape index (κ1) is 56.1. The van der Waals surface area contributed by atoms with Crippen LogP contribution in [0.3, 0.4) is 0 Å². The standard InChI is InChI=1S/C16H29B2O9P.C8H14BO6P.C8H15BO3.CH4.H2O/c1-8(2)22-6-11-10(5-13(17)25-11)27-28(20,21)23-7-12-15(24-9(3)4)14(19)16(18)26-12;1-4(2)13-6-5-3-12-16(10,11)15-7(6)8(9)14-5;1-5(2)11-4-7-6(10)3-8(9)12-7;;/h8-16,19H,5-7H2,1-4H3,(H,20,21);4-8H,3H2,1-2H3,(H,10,11);5-8,10H,3-4H2,1-2H3;1H4;1H2/p-3/t10-,11-,12-,13-,14?,15+,16-;5-,6+,7?,8-;6-,7-,8-;;/m111../s1. The van der Waals surface area contributed by atoms with Gasteiger partial charge in [0.1, 0.15) is 80.2 Å². The van der Waals surface area contributed by atoms with E-state index >= 15 is 0 Å². The molecule has 5 aliphatic rings. The Morgan fingerprint density at radius 3 is 1.83 bits per heavy atom. The second-order valence-electron chi connectivity index (χ2n) is 15.0. The van der Waals surface area contributed by atoms with E-state index in [1.807, 2.05) is 41.5 Å². The lowest BCUT2D eigenvalue weighted by molar-refractivity contribution is -0.235. The molecule has 2 bridgehead atoms. The molecule has 25 heteroatoms. The van der Waals surface area contributed by atoms with Gasteiger partial charge in [-0.05, 0) is 68.2 Å². The van der Waals surface area contributed by atoms with Crippen molar-refractivity contribution in [1.82, 2.24) is 0 Å². The normalized spacial score (nSPS) is 39.3. The van der Waals surface area contributed by atoms with Crippen LogP contribution in [-0.2, 0) is 65.1 Å². The third-order valence-electron chi connectivity index (χ3n) is 8.55. The predicted molar refractivity (Wildman–Crippen MR) is 207 cm³/mol. The van der Waals surface area contributed by atoms with Crippen LogP contribution in [0.4, 0.5) is 0 Å². The molecule has 19 nitrogen and oxygen atoms in total. The molecule has 5 saturated heterocycles. The Morgan fingerprint density at radius 2 is 1.29 bits per heavy atom. The first-order valence-corrected chi connectivity index (χ1v) is 21.7.